The maximum Gasteiger partial charge on any atom is 0.318 e. The van der Waals surface area contributed by atoms with Crippen molar-refractivity contribution in [2.24, 2.45) is 5.92 Å². The highest BCUT2D eigenvalue weighted by molar-refractivity contribution is 5.95. The molecular weight excluding hydrogens is 184 g/mol. The van der Waals surface area contributed by atoms with Crippen LogP contribution in [-0.2, 0) is 9.59 Å². The zero-order valence-electron chi connectivity index (χ0n) is 7.18. The van der Waals surface area contributed by atoms with E-state index in [1.165, 1.54) is 0 Å². The lowest BCUT2D eigenvalue weighted by molar-refractivity contribution is -0.152. The van der Waals surface area contributed by atoms with Crippen molar-refractivity contribution < 1.29 is 19.8 Å². The van der Waals surface area contributed by atoms with E-state index in [4.69, 9.17) is 10.2 Å². The first kappa shape index (κ1) is 10.2. The third-order valence-electron chi connectivity index (χ3n) is 1.58. The molecule has 0 aliphatic heterocycles. The summed E-state index contributed by atoms with van der Waals surface area (Å²) in [5.74, 6) is -4.44. The smallest absolute Gasteiger partial charge is 0.318 e. The first-order valence-electron chi connectivity index (χ1n) is 3.88. The molecule has 0 amide bonds. The van der Waals surface area contributed by atoms with E-state index in [-0.39, 0.29) is 0 Å². The Morgan fingerprint density at radius 3 is 2.00 bits per heavy atom. The number of hydrogen-bond donors (Lipinski definition) is 2. The largest absolute Gasteiger partial charge is 0.481 e. The van der Waals surface area contributed by atoms with Crippen molar-refractivity contribution >= 4 is 11.9 Å². The number of carbonyl (C=O) groups is 2. The van der Waals surface area contributed by atoms with Gasteiger partial charge in [0.25, 0.3) is 0 Å². The molecule has 0 aliphatic carbocycles. The van der Waals surface area contributed by atoms with Crippen LogP contribution in [0, 0.1) is 12.3 Å². The van der Waals surface area contributed by atoms with Crippen molar-refractivity contribution in [3.05, 3.63) is 42.3 Å². The number of rotatable bonds is 4. The van der Waals surface area contributed by atoms with E-state index in [2.05, 4.69) is 6.42 Å². The van der Waals surface area contributed by atoms with Crippen molar-refractivity contribution in [2.75, 3.05) is 0 Å². The molecule has 0 aliphatic rings. The van der Waals surface area contributed by atoms with E-state index in [0.29, 0.717) is 5.56 Å². The molecule has 14 heavy (non-hydrogen) atoms. The van der Waals surface area contributed by atoms with Crippen LogP contribution in [-0.4, -0.2) is 22.2 Å². The fraction of sp³-hybridized carbons (Fsp3) is 0.100. The predicted molar refractivity (Wildman–Crippen MR) is 47.5 cm³/mol. The topological polar surface area (TPSA) is 74.6 Å². The zero-order valence-corrected chi connectivity index (χ0v) is 7.18. The quantitative estimate of drug-likeness (QED) is 0.695. The van der Waals surface area contributed by atoms with E-state index >= 15 is 0 Å². The third kappa shape index (κ3) is 2.58. The maximum absolute atomic E-state index is 10.5. The molecular formula is C10H8O4. The van der Waals surface area contributed by atoms with Gasteiger partial charge in [0.2, 0.25) is 0 Å². The maximum atomic E-state index is 10.5. The highest BCUT2D eigenvalue weighted by atomic mass is 16.4. The number of hydrogen-bond acceptors (Lipinski definition) is 2. The Bertz CT molecular complexity index is 317. The number of carboxylic acids is 2. The average Bonchev–Trinajstić information content (AvgIpc) is 2.15. The Morgan fingerprint density at radius 2 is 1.57 bits per heavy atom. The fourth-order valence-corrected chi connectivity index (χ4v) is 0.930. The second-order valence-corrected chi connectivity index (χ2v) is 2.62. The van der Waals surface area contributed by atoms with Crippen LogP contribution in [0.1, 0.15) is 5.56 Å². The Morgan fingerprint density at radius 1 is 1.07 bits per heavy atom. The van der Waals surface area contributed by atoms with Gasteiger partial charge in [-0.25, -0.2) is 0 Å². The molecule has 0 atom stereocenters. The van der Waals surface area contributed by atoms with Crippen molar-refractivity contribution in [2.45, 2.75) is 0 Å². The highest BCUT2D eigenvalue weighted by Gasteiger charge is 2.26. The van der Waals surface area contributed by atoms with Gasteiger partial charge in [-0.15, -0.1) is 0 Å². The standard InChI is InChI=1S/C10H8O4/c11-9(12)8(10(13)14)6-7-4-2-1-3-5-7/h1-5,8H,(H,11,12)(H,13,14). The van der Waals surface area contributed by atoms with Gasteiger partial charge in [0.1, 0.15) is 0 Å². The summed E-state index contributed by atoms with van der Waals surface area (Å²) in [6.45, 7) is 0. The summed E-state index contributed by atoms with van der Waals surface area (Å²) in [5.41, 5.74) is 0.460. The SMILES string of the molecule is O=C(O)C([C]c1ccccc1)C(=O)O. The third-order valence-corrected chi connectivity index (χ3v) is 1.58. The molecule has 0 aromatic heterocycles. The monoisotopic (exact) mass is 192 g/mol. The number of benzene rings is 1. The average molecular weight is 192 g/mol. The normalized spacial score (nSPS) is 10.1. The summed E-state index contributed by atoms with van der Waals surface area (Å²) in [4.78, 5) is 21.0. The lowest BCUT2D eigenvalue weighted by Crippen LogP contribution is -2.24. The Hall–Kier alpha value is -1.84. The second kappa shape index (κ2) is 4.41. The first-order chi connectivity index (χ1) is 6.61. The van der Waals surface area contributed by atoms with E-state index < -0.39 is 17.9 Å². The molecule has 0 unspecified atom stereocenters. The Kier molecular flexibility index (Phi) is 3.23. The molecule has 0 spiro atoms. The van der Waals surface area contributed by atoms with Crippen LogP contribution >= 0.6 is 0 Å². The minimum atomic E-state index is -1.61. The summed E-state index contributed by atoms with van der Waals surface area (Å²) in [7, 11) is 0. The minimum Gasteiger partial charge on any atom is -0.481 e. The van der Waals surface area contributed by atoms with Crippen LogP contribution < -0.4 is 0 Å². The molecule has 0 heterocycles. The van der Waals surface area contributed by atoms with E-state index in [0.717, 1.165) is 0 Å². The van der Waals surface area contributed by atoms with E-state index in [1.807, 2.05) is 0 Å². The van der Waals surface area contributed by atoms with Crippen molar-refractivity contribution in [1.29, 1.82) is 0 Å². The Labute approximate surface area is 80.8 Å². The molecule has 1 aromatic rings. The number of aliphatic carboxylic acids is 2. The van der Waals surface area contributed by atoms with E-state index in [1.54, 1.807) is 30.3 Å². The molecule has 1 aromatic carbocycles. The zero-order chi connectivity index (χ0) is 10.6. The van der Waals surface area contributed by atoms with Gasteiger partial charge in [0, 0.05) is 6.42 Å². The highest BCUT2D eigenvalue weighted by Crippen LogP contribution is 2.11. The van der Waals surface area contributed by atoms with Gasteiger partial charge in [-0.2, -0.15) is 0 Å². The summed E-state index contributed by atoms with van der Waals surface area (Å²) in [5, 5.41) is 17.1. The molecule has 72 valence electrons. The molecule has 0 bridgehead atoms. The van der Waals surface area contributed by atoms with Gasteiger partial charge in [0.05, 0.1) is 0 Å². The van der Waals surface area contributed by atoms with Crippen molar-refractivity contribution in [1.82, 2.24) is 0 Å². The van der Waals surface area contributed by atoms with E-state index in [9.17, 15) is 9.59 Å². The summed E-state index contributed by atoms with van der Waals surface area (Å²) in [6, 6.07) is 8.31. The van der Waals surface area contributed by atoms with Crippen LogP contribution in [0.2, 0.25) is 0 Å². The molecule has 0 fully saturated rings. The molecule has 2 N–H and O–H groups in total. The summed E-state index contributed by atoms with van der Waals surface area (Å²) < 4.78 is 0. The van der Waals surface area contributed by atoms with Crippen molar-refractivity contribution in [3.63, 3.8) is 0 Å². The molecule has 2 radical (unpaired) electrons. The molecule has 4 heteroatoms. The summed E-state index contributed by atoms with van der Waals surface area (Å²) in [6.07, 6.45) is 2.38. The van der Waals surface area contributed by atoms with Crippen LogP contribution in [0.25, 0.3) is 0 Å². The van der Waals surface area contributed by atoms with Crippen LogP contribution in [0.3, 0.4) is 0 Å². The van der Waals surface area contributed by atoms with Gasteiger partial charge in [0.15, 0.2) is 5.92 Å². The lowest BCUT2D eigenvalue weighted by atomic mass is 10.00. The van der Waals surface area contributed by atoms with Gasteiger partial charge < -0.3 is 10.2 Å². The molecule has 0 saturated carbocycles. The lowest BCUT2D eigenvalue weighted by Gasteiger charge is -2.05. The van der Waals surface area contributed by atoms with Gasteiger partial charge in [-0.3, -0.25) is 9.59 Å². The van der Waals surface area contributed by atoms with Gasteiger partial charge in [-0.05, 0) is 5.56 Å². The summed E-state index contributed by atoms with van der Waals surface area (Å²) >= 11 is 0. The fourth-order valence-electron chi connectivity index (χ4n) is 0.930. The predicted octanol–water partition coefficient (Wildman–Crippen LogP) is 0.901. The van der Waals surface area contributed by atoms with Crippen LogP contribution in [0.4, 0.5) is 0 Å². The molecule has 4 nitrogen and oxygen atoms in total. The molecule has 1 rings (SSSR count). The van der Waals surface area contributed by atoms with Crippen LogP contribution in [0.5, 0.6) is 0 Å². The molecule has 0 saturated heterocycles. The second-order valence-electron chi connectivity index (χ2n) is 2.62. The van der Waals surface area contributed by atoms with Crippen molar-refractivity contribution in [3.8, 4) is 0 Å². The number of carboxylic acid groups (broad SMARTS) is 2. The van der Waals surface area contributed by atoms with Gasteiger partial charge >= 0.3 is 11.9 Å². The first-order valence-corrected chi connectivity index (χ1v) is 3.88. The van der Waals surface area contributed by atoms with Gasteiger partial charge in [-0.1, -0.05) is 30.3 Å². The Balaban J connectivity index is 2.75. The van der Waals surface area contributed by atoms with Crippen LogP contribution in [0.15, 0.2) is 30.3 Å². The minimum absolute atomic E-state index is 0.460.